The van der Waals surface area contributed by atoms with Crippen LogP contribution in [0.3, 0.4) is 0 Å². The molecule has 3 N–H and O–H groups in total. The molecule has 3 heteroatoms. The molecule has 0 heterocycles. The van der Waals surface area contributed by atoms with Crippen LogP contribution in [0, 0.1) is 12.3 Å². The lowest BCUT2D eigenvalue weighted by Crippen LogP contribution is -2.47. The normalized spacial score (nSPS) is 19.4. The Labute approximate surface area is 121 Å². The monoisotopic (exact) mass is 274 g/mol. The molecule has 20 heavy (non-hydrogen) atoms. The minimum Gasteiger partial charge on any atom is -0.349 e. The molecule has 0 spiro atoms. The standard InChI is InChI=1S/C17H26N2O/c1-13-6-8-15(9-7-13)14(2)19-16(20)17(12-18)10-4-3-5-11-17/h6-9,14H,3-5,10-12,18H2,1-2H3,(H,19,20). The zero-order valence-electron chi connectivity index (χ0n) is 12.6. The minimum atomic E-state index is -0.336. The zero-order chi connectivity index (χ0) is 14.6. The van der Waals surface area contributed by atoms with Gasteiger partial charge in [-0.05, 0) is 32.3 Å². The average molecular weight is 274 g/mol. The number of rotatable bonds is 4. The van der Waals surface area contributed by atoms with E-state index in [9.17, 15) is 4.79 Å². The molecule has 1 aromatic rings. The first-order valence-corrected chi connectivity index (χ1v) is 7.65. The lowest BCUT2D eigenvalue weighted by Gasteiger charge is -2.35. The summed E-state index contributed by atoms with van der Waals surface area (Å²) in [5.41, 5.74) is 7.96. The molecule has 0 radical (unpaired) electrons. The maximum atomic E-state index is 12.6. The highest BCUT2D eigenvalue weighted by atomic mass is 16.2. The van der Waals surface area contributed by atoms with Crippen LogP contribution in [0.4, 0.5) is 0 Å². The molecule has 1 fully saturated rings. The van der Waals surface area contributed by atoms with Gasteiger partial charge in [0.1, 0.15) is 0 Å². The van der Waals surface area contributed by atoms with Crippen LogP contribution in [0.1, 0.15) is 56.2 Å². The van der Waals surface area contributed by atoms with Crippen molar-refractivity contribution in [3.63, 3.8) is 0 Å². The Kier molecular flexibility index (Phi) is 4.81. The number of amides is 1. The fourth-order valence-corrected chi connectivity index (χ4v) is 3.04. The molecule has 1 atom stereocenters. The van der Waals surface area contributed by atoms with Crippen molar-refractivity contribution in [3.05, 3.63) is 35.4 Å². The van der Waals surface area contributed by atoms with E-state index in [0.29, 0.717) is 6.54 Å². The molecule has 110 valence electrons. The van der Waals surface area contributed by atoms with Crippen molar-refractivity contribution in [2.45, 2.75) is 52.0 Å². The summed E-state index contributed by atoms with van der Waals surface area (Å²) < 4.78 is 0. The van der Waals surface area contributed by atoms with E-state index >= 15 is 0 Å². The molecule has 3 nitrogen and oxygen atoms in total. The summed E-state index contributed by atoms with van der Waals surface area (Å²) in [5.74, 6) is 0.132. The summed E-state index contributed by atoms with van der Waals surface area (Å²) in [5, 5.41) is 3.16. The Morgan fingerprint density at radius 1 is 1.25 bits per heavy atom. The Balaban J connectivity index is 2.04. The summed E-state index contributed by atoms with van der Waals surface area (Å²) >= 11 is 0. The summed E-state index contributed by atoms with van der Waals surface area (Å²) in [7, 11) is 0. The molecule has 0 bridgehead atoms. The highest BCUT2D eigenvalue weighted by Gasteiger charge is 2.38. The predicted octanol–water partition coefficient (Wildman–Crippen LogP) is 3.08. The van der Waals surface area contributed by atoms with Crippen molar-refractivity contribution >= 4 is 5.91 Å². The molecule has 1 unspecified atom stereocenters. The van der Waals surface area contributed by atoms with Gasteiger partial charge < -0.3 is 11.1 Å². The lowest BCUT2D eigenvalue weighted by atomic mass is 9.73. The van der Waals surface area contributed by atoms with Crippen LogP contribution in [0.25, 0.3) is 0 Å². The van der Waals surface area contributed by atoms with Gasteiger partial charge >= 0.3 is 0 Å². The molecule has 1 amide bonds. The molecular weight excluding hydrogens is 248 g/mol. The maximum absolute atomic E-state index is 12.6. The van der Waals surface area contributed by atoms with E-state index in [1.165, 1.54) is 12.0 Å². The van der Waals surface area contributed by atoms with Gasteiger partial charge in [0.15, 0.2) is 0 Å². The van der Waals surface area contributed by atoms with Crippen LogP contribution < -0.4 is 11.1 Å². The minimum absolute atomic E-state index is 0.0356. The van der Waals surface area contributed by atoms with Gasteiger partial charge in [0.25, 0.3) is 0 Å². The maximum Gasteiger partial charge on any atom is 0.227 e. The number of hydrogen-bond donors (Lipinski definition) is 2. The first kappa shape index (κ1) is 15.0. The van der Waals surface area contributed by atoms with Gasteiger partial charge in [-0.2, -0.15) is 0 Å². The van der Waals surface area contributed by atoms with Gasteiger partial charge in [-0.1, -0.05) is 49.1 Å². The van der Waals surface area contributed by atoms with Crippen molar-refractivity contribution in [2.24, 2.45) is 11.1 Å². The number of aryl methyl sites for hydroxylation is 1. The summed E-state index contributed by atoms with van der Waals surface area (Å²) in [6, 6.07) is 8.36. The summed E-state index contributed by atoms with van der Waals surface area (Å²) in [4.78, 5) is 12.6. The topological polar surface area (TPSA) is 55.1 Å². The van der Waals surface area contributed by atoms with Crippen LogP contribution in [0.2, 0.25) is 0 Å². The van der Waals surface area contributed by atoms with E-state index in [2.05, 4.69) is 36.5 Å². The second-order valence-corrected chi connectivity index (χ2v) is 6.15. The molecule has 0 aromatic heterocycles. The third kappa shape index (κ3) is 3.21. The van der Waals surface area contributed by atoms with E-state index in [1.54, 1.807) is 0 Å². The third-order valence-electron chi connectivity index (χ3n) is 4.61. The van der Waals surface area contributed by atoms with Crippen molar-refractivity contribution in [3.8, 4) is 0 Å². The van der Waals surface area contributed by atoms with E-state index in [-0.39, 0.29) is 17.4 Å². The third-order valence-corrected chi connectivity index (χ3v) is 4.61. The van der Waals surface area contributed by atoms with Gasteiger partial charge in [-0.3, -0.25) is 4.79 Å². The average Bonchev–Trinajstić information content (AvgIpc) is 2.48. The molecule has 1 aliphatic carbocycles. The Hall–Kier alpha value is -1.35. The smallest absolute Gasteiger partial charge is 0.227 e. The number of carbonyl (C=O) groups excluding carboxylic acids is 1. The Morgan fingerprint density at radius 2 is 1.85 bits per heavy atom. The second kappa shape index (κ2) is 6.40. The SMILES string of the molecule is Cc1ccc(C(C)NC(=O)C2(CN)CCCCC2)cc1. The van der Waals surface area contributed by atoms with Crippen LogP contribution in [0.15, 0.2) is 24.3 Å². The first-order chi connectivity index (χ1) is 9.57. The van der Waals surface area contributed by atoms with E-state index in [0.717, 1.165) is 31.2 Å². The van der Waals surface area contributed by atoms with E-state index in [4.69, 9.17) is 5.73 Å². The predicted molar refractivity (Wildman–Crippen MR) is 82.3 cm³/mol. The van der Waals surface area contributed by atoms with Crippen molar-refractivity contribution in [2.75, 3.05) is 6.54 Å². The number of nitrogens with one attached hydrogen (secondary N) is 1. The summed E-state index contributed by atoms with van der Waals surface area (Å²) in [6.45, 7) is 4.56. The Morgan fingerprint density at radius 3 is 2.40 bits per heavy atom. The van der Waals surface area contributed by atoms with Gasteiger partial charge in [0, 0.05) is 6.54 Å². The van der Waals surface area contributed by atoms with Gasteiger partial charge in [0.2, 0.25) is 5.91 Å². The van der Waals surface area contributed by atoms with Crippen LogP contribution >= 0.6 is 0 Å². The molecular formula is C17H26N2O. The zero-order valence-corrected chi connectivity index (χ0v) is 12.6. The van der Waals surface area contributed by atoms with Crippen molar-refractivity contribution in [1.29, 1.82) is 0 Å². The van der Waals surface area contributed by atoms with Crippen molar-refractivity contribution < 1.29 is 4.79 Å². The number of benzene rings is 1. The molecule has 1 aliphatic rings. The highest BCUT2D eigenvalue weighted by Crippen LogP contribution is 2.36. The van der Waals surface area contributed by atoms with E-state index < -0.39 is 0 Å². The van der Waals surface area contributed by atoms with E-state index in [1.807, 2.05) is 6.92 Å². The quantitative estimate of drug-likeness (QED) is 0.886. The number of nitrogens with two attached hydrogens (primary N) is 1. The van der Waals surface area contributed by atoms with Gasteiger partial charge in [0.05, 0.1) is 11.5 Å². The fraction of sp³-hybridized carbons (Fsp3) is 0.588. The lowest BCUT2D eigenvalue weighted by molar-refractivity contribution is -0.133. The molecule has 1 saturated carbocycles. The molecule has 0 saturated heterocycles. The molecule has 0 aliphatic heterocycles. The number of carbonyl (C=O) groups is 1. The van der Waals surface area contributed by atoms with Gasteiger partial charge in [-0.25, -0.2) is 0 Å². The van der Waals surface area contributed by atoms with Crippen molar-refractivity contribution in [1.82, 2.24) is 5.32 Å². The first-order valence-electron chi connectivity index (χ1n) is 7.65. The fourth-order valence-electron chi connectivity index (χ4n) is 3.04. The molecule has 2 rings (SSSR count). The summed E-state index contributed by atoms with van der Waals surface area (Å²) in [6.07, 6.45) is 5.31. The van der Waals surface area contributed by atoms with Gasteiger partial charge in [-0.15, -0.1) is 0 Å². The Bertz CT molecular complexity index is 447. The van der Waals surface area contributed by atoms with Crippen LogP contribution in [-0.2, 0) is 4.79 Å². The number of hydrogen-bond acceptors (Lipinski definition) is 2. The largest absolute Gasteiger partial charge is 0.349 e. The van der Waals surface area contributed by atoms with Crippen LogP contribution in [0.5, 0.6) is 0 Å². The second-order valence-electron chi connectivity index (χ2n) is 6.15. The molecule has 1 aromatic carbocycles. The van der Waals surface area contributed by atoms with Crippen LogP contribution in [-0.4, -0.2) is 12.5 Å². The highest BCUT2D eigenvalue weighted by molar-refractivity contribution is 5.83.